The standard InChI is InChI=1S/C47H38BN/c1-27-22-29(3)45(30(4)23-27)48(46-31(5)24-28(2)25-32(46)6)37-19-16-35(17-20-37)47-40-26-36-15-14-33-10-9-11-34-18-21-39(43(36)42(33)34)44(40)38-12-7-8-13-41(38)49-47/h7-26H,1-6H3. The predicted molar refractivity (Wildman–Crippen MR) is 214 cm³/mol. The number of aryl methyl sites for hydroxylation is 6. The van der Waals surface area contributed by atoms with Crippen molar-refractivity contribution in [2.45, 2.75) is 41.5 Å². The quantitative estimate of drug-likeness (QED) is 0.108. The van der Waals surface area contributed by atoms with E-state index >= 15 is 0 Å². The molecule has 49 heavy (non-hydrogen) atoms. The molecule has 0 aliphatic heterocycles. The average Bonchev–Trinajstić information content (AvgIpc) is 3.08. The summed E-state index contributed by atoms with van der Waals surface area (Å²) in [6, 6.07) is 45.5. The highest BCUT2D eigenvalue weighted by atomic mass is 14.7. The van der Waals surface area contributed by atoms with Crippen LogP contribution in [0.4, 0.5) is 0 Å². The molecule has 0 radical (unpaired) electrons. The van der Waals surface area contributed by atoms with E-state index in [0.29, 0.717) is 0 Å². The van der Waals surface area contributed by atoms with Gasteiger partial charge in [-0.15, -0.1) is 0 Å². The maximum absolute atomic E-state index is 5.38. The van der Waals surface area contributed by atoms with Gasteiger partial charge in [-0.3, -0.25) is 0 Å². The summed E-state index contributed by atoms with van der Waals surface area (Å²) in [6.45, 7) is 13.6. The third kappa shape index (κ3) is 4.58. The molecule has 1 aromatic heterocycles. The number of para-hydroxylation sites is 1. The Balaban J connectivity index is 1.29. The largest absolute Gasteiger partial charge is 0.247 e. The van der Waals surface area contributed by atoms with Crippen molar-refractivity contribution < 1.29 is 0 Å². The molecule has 0 saturated heterocycles. The molecule has 8 aromatic carbocycles. The van der Waals surface area contributed by atoms with Gasteiger partial charge in [-0.2, -0.15) is 0 Å². The number of aromatic nitrogens is 1. The molecule has 0 saturated carbocycles. The Kier molecular flexibility index (Phi) is 6.68. The van der Waals surface area contributed by atoms with Gasteiger partial charge in [0.05, 0.1) is 11.2 Å². The average molecular weight is 628 g/mol. The summed E-state index contributed by atoms with van der Waals surface area (Å²) in [5.74, 6) is 0. The Bertz CT molecular complexity index is 2650. The Labute approximate surface area is 288 Å². The highest BCUT2D eigenvalue weighted by molar-refractivity contribution is 6.96. The van der Waals surface area contributed by atoms with Gasteiger partial charge in [-0.05, 0) is 86.0 Å². The van der Waals surface area contributed by atoms with E-state index < -0.39 is 0 Å². The van der Waals surface area contributed by atoms with Crippen molar-refractivity contribution in [1.82, 2.24) is 4.98 Å². The van der Waals surface area contributed by atoms with E-state index in [9.17, 15) is 0 Å². The van der Waals surface area contributed by atoms with Crippen molar-refractivity contribution in [3.8, 4) is 11.3 Å². The molecule has 9 rings (SSSR count). The second kappa shape index (κ2) is 11.0. The maximum atomic E-state index is 5.38. The van der Waals surface area contributed by atoms with Crippen LogP contribution in [0, 0.1) is 41.5 Å². The van der Waals surface area contributed by atoms with Crippen LogP contribution in [-0.2, 0) is 0 Å². The van der Waals surface area contributed by atoms with Crippen molar-refractivity contribution in [2.75, 3.05) is 0 Å². The van der Waals surface area contributed by atoms with Crippen molar-refractivity contribution in [3.05, 3.63) is 155 Å². The van der Waals surface area contributed by atoms with Gasteiger partial charge in [0, 0.05) is 21.7 Å². The lowest BCUT2D eigenvalue weighted by Crippen LogP contribution is -2.55. The van der Waals surface area contributed by atoms with E-state index in [1.54, 1.807) is 0 Å². The lowest BCUT2D eigenvalue weighted by Gasteiger charge is -2.25. The topological polar surface area (TPSA) is 12.9 Å². The molecule has 0 spiro atoms. The van der Waals surface area contributed by atoms with Crippen LogP contribution in [0.3, 0.4) is 0 Å². The second-order valence-corrected chi connectivity index (χ2v) is 14.3. The van der Waals surface area contributed by atoms with Gasteiger partial charge in [-0.1, -0.05) is 159 Å². The van der Waals surface area contributed by atoms with Gasteiger partial charge in [0.25, 0.3) is 0 Å². The molecular weight excluding hydrogens is 589 g/mol. The van der Waals surface area contributed by atoms with Crippen LogP contribution in [0.1, 0.15) is 33.4 Å². The Hall–Kier alpha value is -5.47. The van der Waals surface area contributed by atoms with Crippen LogP contribution < -0.4 is 16.4 Å². The van der Waals surface area contributed by atoms with Crippen LogP contribution in [-0.4, -0.2) is 11.7 Å². The van der Waals surface area contributed by atoms with Crippen molar-refractivity contribution in [1.29, 1.82) is 0 Å². The molecule has 1 heterocycles. The minimum atomic E-state index is 0.137. The number of rotatable bonds is 4. The molecule has 0 amide bonds. The summed E-state index contributed by atoms with van der Waals surface area (Å²) in [5.41, 5.74) is 15.3. The fraction of sp³-hybridized carbons (Fsp3) is 0.128. The zero-order chi connectivity index (χ0) is 33.6. The number of hydrogen-bond donors (Lipinski definition) is 0. The summed E-state index contributed by atoms with van der Waals surface area (Å²) in [6.07, 6.45) is 0. The molecule has 9 aromatic rings. The third-order valence-corrected chi connectivity index (χ3v) is 10.9. The number of pyridine rings is 1. The first-order valence-electron chi connectivity index (χ1n) is 17.4. The molecule has 2 heteroatoms. The van der Waals surface area contributed by atoms with Crippen molar-refractivity contribution in [2.24, 2.45) is 0 Å². The number of nitrogens with zero attached hydrogens (tertiary/aromatic N) is 1. The lowest BCUT2D eigenvalue weighted by molar-refractivity contribution is 1.34. The molecule has 234 valence electrons. The van der Waals surface area contributed by atoms with Gasteiger partial charge in [0.2, 0.25) is 6.71 Å². The Morgan fingerprint density at radius 1 is 0.429 bits per heavy atom. The molecule has 0 bridgehead atoms. The highest BCUT2D eigenvalue weighted by Crippen LogP contribution is 2.43. The number of hydrogen-bond acceptors (Lipinski definition) is 1. The predicted octanol–water partition coefficient (Wildman–Crippen LogP) is 10.3. The normalized spacial score (nSPS) is 11.9. The fourth-order valence-electron chi connectivity index (χ4n) is 9.07. The first kappa shape index (κ1) is 29.7. The summed E-state index contributed by atoms with van der Waals surface area (Å²) in [5, 5.41) is 11.5. The molecule has 0 unspecified atom stereocenters. The van der Waals surface area contributed by atoms with E-state index in [1.807, 2.05) is 0 Å². The first-order valence-corrected chi connectivity index (χ1v) is 17.4. The van der Waals surface area contributed by atoms with E-state index in [0.717, 1.165) is 16.8 Å². The van der Waals surface area contributed by atoms with Crippen LogP contribution >= 0.6 is 0 Å². The molecule has 1 nitrogen and oxygen atoms in total. The Morgan fingerprint density at radius 3 is 1.63 bits per heavy atom. The summed E-state index contributed by atoms with van der Waals surface area (Å²) < 4.78 is 0. The van der Waals surface area contributed by atoms with Gasteiger partial charge >= 0.3 is 0 Å². The Morgan fingerprint density at radius 2 is 1.00 bits per heavy atom. The molecule has 0 aliphatic carbocycles. The van der Waals surface area contributed by atoms with E-state index in [-0.39, 0.29) is 6.71 Å². The second-order valence-electron chi connectivity index (χ2n) is 14.3. The molecule has 0 atom stereocenters. The zero-order valence-electron chi connectivity index (χ0n) is 29.1. The smallest absolute Gasteiger partial charge is 0.242 e. The highest BCUT2D eigenvalue weighted by Gasteiger charge is 2.28. The van der Waals surface area contributed by atoms with Crippen LogP contribution in [0.2, 0.25) is 0 Å². The van der Waals surface area contributed by atoms with Gasteiger partial charge in [0.1, 0.15) is 0 Å². The summed E-state index contributed by atoms with van der Waals surface area (Å²) in [7, 11) is 0. The monoisotopic (exact) mass is 627 g/mol. The number of fused-ring (bicyclic) bond motifs is 4. The van der Waals surface area contributed by atoms with E-state index in [4.69, 9.17) is 4.98 Å². The minimum Gasteiger partial charge on any atom is -0.247 e. The first-order chi connectivity index (χ1) is 23.8. The molecule has 0 aliphatic rings. The SMILES string of the molecule is Cc1cc(C)c(B(c2ccc(-c3nc4ccccc4c4c3cc3ccc5cccc6ccc4c3c56)cc2)c2c(C)cc(C)cc2C)c(C)c1. The van der Waals surface area contributed by atoms with Gasteiger partial charge in [-0.25, -0.2) is 4.98 Å². The van der Waals surface area contributed by atoms with Crippen LogP contribution in [0.15, 0.2) is 121 Å². The molecule has 0 N–H and O–H groups in total. The molecule has 0 fully saturated rings. The zero-order valence-corrected chi connectivity index (χ0v) is 29.1. The van der Waals surface area contributed by atoms with Crippen LogP contribution in [0.5, 0.6) is 0 Å². The third-order valence-electron chi connectivity index (χ3n) is 10.9. The van der Waals surface area contributed by atoms with Crippen LogP contribution in [0.25, 0.3) is 65.3 Å². The maximum Gasteiger partial charge on any atom is 0.242 e. The van der Waals surface area contributed by atoms with E-state index in [1.165, 1.54) is 98.2 Å². The summed E-state index contributed by atoms with van der Waals surface area (Å²) >= 11 is 0. The van der Waals surface area contributed by atoms with Crippen molar-refractivity contribution in [3.63, 3.8) is 0 Å². The summed E-state index contributed by atoms with van der Waals surface area (Å²) in [4.78, 5) is 5.38. The van der Waals surface area contributed by atoms with Gasteiger partial charge < -0.3 is 0 Å². The van der Waals surface area contributed by atoms with E-state index in [2.05, 4.69) is 163 Å². The lowest BCUT2D eigenvalue weighted by atomic mass is 9.34. The minimum absolute atomic E-state index is 0.137. The molecular formula is C47H38BN. The van der Waals surface area contributed by atoms with Crippen molar-refractivity contribution >= 4 is 77.1 Å². The fourth-order valence-corrected chi connectivity index (χ4v) is 9.07. The van der Waals surface area contributed by atoms with Gasteiger partial charge in [0.15, 0.2) is 0 Å². The number of benzene rings is 8.